The third-order valence-electron chi connectivity index (χ3n) is 8.78. The van der Waals surface area contributed by atoms with Crippen LogP contribution in [0, 0.1) is 5.92 Å². The molecule has 2 heterocycles. The number of carbonyl (C=O) groups excluding carboxylic acids is 3. The van der Waals surface area contributed by atoms with E-state index in [0.29, 0.717) is 30.6 Å². The van der Waals surface area contributed by atoms with Gasteiger partial charge in [-0.05, 0) is 6.92 Å². The second kappa shape index (κ2) is 13.0. The number of amides is 1. The van der Waals surface area contributed by atoms with Crippen LogP contribution in [0.1, 0.15) is 71.0 Å². The first kappa shape index (κ1) is 32.1. The second-order valence-electron chi connectivity index (χ2n) is 11.7. The molecule has 7 nitrogen and oxygen atoms in total. The normalized spacial score (nSPS) is 24.0. The van der Waals surface area contributed by atoms with Gasteiger partial charge >= 0.3 is 238 Å². The van der Waals surface area contributed by atoms with Crippen molar-refractivity contribution in [1.82, 2.24) is 15.6 Å². The molecule has 1 radical (unpaired) electrons. The van der Waals surface area contributed by atoms with Gasteiger partial charge in [-0.15, -0.1) is 0 Å². The van der Waals surface area contributed by atoms with Crippen LogP contribution in [-0.2, 0) is 16.6 Å². The number of aromatic nitrogens is 1. The van der Waals surface area contributed by atoms with E-state index in [9.17, 15) is 32.7 Å². The summed E-state index contributed by atoms with van der Waals surface area (Å²) in [6, 6.07) is 15.2. The molecule has 1 aliphatic heterocycles. The molecule has 1 atom stereocenters. The summed E-state index contributed by atoms with van der Waals surface area (Å²) in [5.74, 6) is -0.507. The predicted octanol–water partition coefficient (Wildman–Crippen LogP) is 5.16. The van der Waals surface area contributed by atoms with Crippen LogP contribution in [0.15, 0.2) is 66.9 Å². The van der Waals surface area contributed by atoms with Crippen LogP contribution < -0.4 is 10.6 Å². The van der Waals surface area contributed by atoms with E-state index in [1.165, 1.54) is 19.1 Å². The zero-order valence-electron chi connectivity index (χ0n) is 24.3. The summed E-state index contributed by atoms with van der Waals surface area (Å²) < 4.78 is 38.8. The number of ketones is 1. The summed E-state index contributed by atoms with van der Waals surface area (Å²) >= 11 is -0.837. The van der Waals surface area contributed by atoms with Crippen LogP contribution in [-0.4, -0.2) is 61.7 Å². The SMILES string of the molecule is CC(=O)c1cccc(-c2ccc(C3(O)CCC([C@]4([As]C(=O)CNC(=O)c5cccc(C(F)(F)F)c5)CCNC4)CC3)nc2)c1. The number of aliphatic hydroxyl groups is 1. The summed E-state index contributed by atoms with van der Waals surface area (Å²) in [4.78, 5) is 42.0. The standard InChI is InChI=1S/C33H34AsF3N3O4/c1-21(41)22-4-2-5-23(16-22)25-8-9-28(39-18-25)32(44)12-10-26(11-13-32)31(14-15-38-20-31)34-29(42)19-40-30(43)24-6-3-7-27(17-24)33(35,36)37/h2-9,16-18,26,38,44H,10-15,19-20H2,1H3,(H,40,43)/t26?,31-,32?/m0/s1. The molecule has 1 aliphatic carbocycles. The van der Waals surface area contributed by atoms with E-state index in [-0.39, 0.29) is 32.6 Å². The molecule has 5 rings (SSSR count). The zero-order chi connectivity index (χ0) is 31.5. The van der Waals surface area contributed by atoms with Gasteiger partial charge < -0.3 is 0 Å². The van der Waals surface area contributed by atoms with Crippen LogP contribution in [0.4, 0.5) is 13.2 Å². The molecule has 44 heavy (non-hydrogen) atoms. The number of rotatable bonds is 9. The first-order chi connectivity index (χ1) is 20.9. The van der Waals surface area contributed by atoms with E-state index in [2.05, 4.69) is 15.6 Å². The maximum absolute atomic E-state index is 13.1. The van der Waals surface area contributed by atoms with Crippen LogP contribution in [0.3, 0.4) is 0 Å². The number of hydrogen-bond donors (Lipinski definition) is 3. The molecule has 1 saturated carbocycles. The molecule has 1 saturated heterocycles. The van der Waals surface area contributed by atoms with Gasteiger partial charge in [-0.3, -0.25) is 4.79 Å². The Bertz CT molecular complexity index is 1530. The van der Waals surface area contributed by atoms with Crippen molar-refractivity contribution < 1.29 is 32.7 Å². The molecular weight excluding hydrogens is 634 g/mol. The van der Waals surface area contributed by atoms with E-state index < -0.39 is 39.0 Å². The fourth-order valence-corrected chi connectivity index (χ4v) is 9.43. The number of nitrogens with one attached hydrogen (secondary N) is 2. The van der Waals surface area contributed by atoms with Crippen molar-refractivity contribution in [3.8, 4) is 11.1 Å². The molecule has 2 aromatic carbocycles. The zero-order valence-corrected chi connectivity index (χ0v) is 26.2. The quantitative estimate of drug-likeness (QED) is 0.215. The summed E-state index contributed by atoms with van der Waals surface area (Å²) in [7, 11) is 0. The number of pyridine rings is 1. The molecule has 3 aromatic rings. The monoisotopic (exact) mass is 668 g/mol. The van der Waals surface area contributed by atoms with E-state index in [0.717, 1.165) is 49.1 Å². The fraction of sp³-hybridized carbons (Fsp3) is 0.394. The Balaban J connectivity index is 1.19. The van der Waals surface area contributed by atoms with E-state index >= 15 is 0 Å². The first-order valence-electron chi connectivity index (χ1n) is 14.6. The maximum atomic E-state index is 13.1. The number of halogens is 3. The molecule has 3 N–H and O–H groups in total. The summed E-state index contributed by atoms with van der Waals surface area (Å²) in [5.41, 5.74) is 0.819. The summed E-state index contributed by atoms with van der Waals surface area (Å²) in [5, 5.41) is 17.5. The number of Topliss-reactive ketones (excluding diaryl/α,β-unsaturated/α-hetero) is 1. The number of carbonyl (C=O) groups is 3. The van der Waals surface area contributed by atoms with E-state index in [1.54, 1.807) is 12.3 Å². The minimum absolute atomic E-state index is 0.0126. The van der Waals surface area contributed by atoms with Crippen LogP contribution in [0.2, 0.25) is 4.20 Å². The third kappa shape index (κ3) is 7.14. The number of alkyl halides is 3. The molecule has 0 spiro atoms. The Morgan fingerprint density at radius 3 is 2.36 bits per heavy atom. The molecule has 1 aromatic heterocycles. The molecule has 1 amide bonds. The van der Waals surface area contributed by atoms with Gasteiger partial charge in [-0.2, -0.15) is 0 Å². The summed E-state index contributed by atoms with van der Waals surface area (Å²) in [6.07, 6.45) is 0.450. The fourth-order valence-electron chi connectivity index (χ4n) is 6.26. The Labute approximate surface area is 260 Å². The Kier molecular flexibility index (Phi) is 9.44. The molecule has 0 bridgehead atoms. The van der Waals surface area contributed by atoms with Gasteiger partial charge in [0.05, 0.1) is 0 Å². The molecule has 0 unspecified atom stereocenters. The molecule has 2 aliphatic rings. The minimum atomic E-state index is -4.56. The van der Waals surface area contributed by atoms with Crippen molar-refractivity contribution in [1.29, 1.82) is 0 Å². The van der Waals surface area contributed by atoms with Crippen LogP contribution in [0.25, 0.3) is 11.1 Å². The van der Waals surface area contributed by atoms with E-state index in [4.69, 9.17) is 0 Å². The third-order valence-corrected chi connectivity index (χ3v) is 12.1. The van der Waals surface area contributed by atoms with Crippen molar-refractivity contribution >= 4 is 32.0 Å². The topological polar surface area (TPSA) is 108 Å². The predicted molar refractivity (Wildman–Crippen MR) is 160 cm³/mol. The van der Waals surface area contributed by atoms with Crippen LogP contribution >= 0.6 is 0 Å². The molecular formula is C33H34AsF3N3O4. The van der Waals surface area contributed by atoms with Crippen molar-refractivity contribution in [3.05, 3.63) is 89.2 Å². The first-order valence-corrected chi connectivity index (χ1v) is 16.5. The molecule has 2 fully saturated rings. The summed E-state index contributed by atoms with van der Waals surface area (Å²) in [6.45, 7) is 2.78. The van der Waals surface area contributed by atoms with Crippen molar-refractivity contribution in [2.45, 2.75) is 55.0 Å². The van der Waals surface area contributed by atoms with Gasteiger partial charge in [0.15, 0.2) is 5.78 Å². The Hall–Kier alpha value is -3.33. The van der Waals surface area contributed by atoms with E-state index in [1.807, 2.05) is 30.3 Å². The van der Waals surface area contributed by atoms with Crippen molar-refractivity contribution in [3.63, 3.8) is 0 Å². The van der Waals surface area contributed by atoms with Gasteiger partial charge in [-0.25, -0.2) is 0 Å². The Morgan fingerprint density at radius 1 is 1.00 bits per heavy atom. The van der Waals surface area contributed by atoms with Gasteiger partial charge in [0.2, 0.25) is 0 Å². The number of nitrogens with zero attached hydrogens (tertiary/aromatic N) is 1. The van der Waals surface area contributed by atoms with Crippen molar-refractivity contribution in [2.24, 2.45) is 5.92 Å². The Morgan fingerprint density at radius 2 is 1.73 bits per heavy atom. The number of benzene rings is 2. The molecule has 231 valence electrons. The average molecular weight is 669 g/mol. The van der Waals surface area contributed by atoms with Gasteiger partial charge in [0.1, 0.15) is 0 Å². The van der Waals surface area contributed by atoms with Crippen LogP contribution in [0.5, 0.6) is 0 Å². The van der Waals surface area contributed by atoms with Crippen molar-refractivity contribution in [2.75, 3.05) is 19.6 Å². The second-order valence-corrected chi connectivity index (χ2v) is 15.1. The van der Waals surface area contributed by atoms with Gasteiger partial charge in [0.25, 0.3) is 0 Å². The average Bonchev–Trinajstić information content (AvgIpc) is 3.49. The molecule has 11 heteroatoms. The number of hydrogen-bond acceptors (Lipinski definition) is 6. The van der Waals surface area contributed by atoms with Gasteiger partial charge in [0, 0.05) is 0 Å². The van der Waals surface area contributed by atoms with Gasteiger partial charge in [-0.1, -0.05) is 6.07 Å².